The summed E-state index contributed by atoms with van der Waals surface area (Å²) in [5, 5.41) is 11.2. The van der Waals surface area contributed by atoms with Gasteiger partial charge < -0.3 is 15.2 Å². The molecule has 2 unspecified atom stereocenters. The Morgan fingerprint density at radius 3 is 2.42 bits per heavy atom. The number of benzene rings is 1. The van der Waals surface area contributed by atoms with Gasteiger partial charge in [0, 0.05) is 12.0 Å². The zero-order chi connectivity index (χ0) is 17.9. The van der Waals surface area contributed by atoms with Crippen molar-refractivity contribution >= 4 is 17.8 Å². The first-order chi connectivity index (χ1) is 11.5. The predicted molar refractivity (Wildman–Crippen MR) is 86.7 cm³/mol. The predicted octanol–water partition coefficient (Wildman–Crippen LogP) is 1.22. The van der Waals surface area contributed by atoms with Crippen LogP contribution in [0, 0.1) is 24.7 Å². The van der Waals surface area contributed by atoms with Crippen LogP contribution in [-0.2, 0) is 14.3 Å². The second-order valence-corrected chi connectivity index (χ2v) is 4.82. The van der Waals surface area contributed by atoms with Crippen molar-refractivity contribution in [3.63, 3.8) is 0 Å². The number of aliphatic carboxylic acids is 1. The smallest absolute Gasteiger partial charge is 0.329 e. The fourth-order valence-corrected chi connectivity index (χ4v) is 1.81. The van der Waals surface area contributed by atoms with E-state index in [0.717, 1.165) is 0 Å². The highest BCUT2D eigenvalue weighted by molar-refractivity contribution is 5.96. The van der Waals surface area contributed by atoms with Gasteiger partial charge in [0.2, 0.25) is 0 Å². The van der Waals surface area contributed by atoms with Gasteiger partial charge in [0.15, 0.2) is 6.10 Å². The fraction of sp³-hybridized carbons (Fsp3) is 0.278. The van der Waals surface area contributed by atoms with Gasteiger partial charge in [-0.3, -0.25) is 9.59 Å². The Hall–Kier alpha value is -3.25. The molecule has 6 nitrogen and oxygen atoms in total. The van der Waals surface area contributed by atoms with Crippen molar-refractivity contribution < 1.29 is 24.2 Å². The number of amides is 1. The van der Waals surface area contributed by atoms with Crippen molar-refractivity contribution in [2.24, 2.45) is 0 Å². The number of carboxylic acids is 1. The minimum atomic E-state index is -1.14. The average Bonchev–Trinajstić information content (AvgIpc) is 2.58. The van der Waals surface area contributed by atoms with Crippen molar-refractivity contribution in [2.45, 2.75) is 31.4 Å². The number of carbonyl (C=O) groups excluding carboxylic acids is 2. The molecule has 1 rings (SSSR count). The van der Waals surface area contributed by atoms with E-state index in [1.807, 2.05) is 0 Å². The lowest BCUT2D eigenvalue weighted by Gasteiger charge is -2.19. The molecule has 0 fully saturated rings. The zero-order valence-electron chi connectivity index (χ0n) is 12.9. The molecule has 0 aromatic heterocycles. The molecular formula is C18H17NO5. The van der Waals surface area contributed by atoms with Gasteiger partial charge in [0.25, 0.3) is 5.91 Å². The maximum absolute atomic E-state index is 12.2. The zero-order valence-corrected chi connectivity index (χ0v) is 12.9. The van der Waals surface area contributed by atoms with Crippen molar-refractivity contribution in [1.82, 2.24) is 5.32 Å². The molecule has 0 saturated heterocycles. The van der Waals surface area contributed by atoms with Gasteiger partial charge in [0.05, 0.1) is 6.42 Å². The molecule has 0 aliphatic carbocycles. The third kappa shape index (κ3) is 6.25. The Labute approximate surface area is 140 Å². The fourth-order valence-electron chi connectivity index (χ4n) is 1.81. The van der Waals surface area contributed by atoms with Crippen LogP contribution in [0.5, 0.6) is 0 Å². The van der Waals surface area contributed by atoms with Gasteiger partial charge in [-0.1, -0.05) is 24.1 Å². The number of terminal acetylenes is 2. The van der Waals surface area contributed by atoms with Crippen LogP contribution in [0.15, 0.2) is 30.3 Å². The monoisotopic (exact) mass is 327 g/mol. The molecule has 0 bridgehead atoms. The molecule has 1 amide bonds. The molecule has 0 spiro atoms. The standard InChI is InChI=1S/C18H17NO5/c1-3-8-14(4-2)24-18(23)15(11-12-16(20)21)19-17(22)13-9-6-5-7-10-13/h1-2,5-7,9-10,14-15H,8,11-12H2,(H,19,22)(H,20,21). The maximum Gasteiger partial charge on any atom is 0.329 e. The summed E-state index contributed by atoms with van der Waals surface area (Å²) in [6, 6.07) is 7.07. The molecule has 0 aliphatic heterocycles. The first kappa shape index (κ1) is 18.8. The Bertz CT molecular complexity index is 669. The van der Waals surface area contributed by atoms with E-state index in [1.54, 1.807) is 30.3 Å². The van der Waals surface area contributed by atoms with E-state index in [0.29, 0.717) is 5.56 Å². The van der Waals surface area contributed by atoms with Gasteiger partial charge in [-0.15, -0.1) is 18.8 Å². The van der Waals surface area contributed by atoms with Crippen LogP contribution in [0.25, 0.3) is 0 Å². The van der Waals surface area contributed by atoms with Crippen LogP contribution in [0.2, 0.25) is 0 Å². The normalized spacial score (nSPS) is 12.1. The summed E-state index contributed by atoms with van der Waals surface area (Å²) in [6.07, 6.45) is 9.01. The van der Waals surface area contributed by atoms with Gasteiger partial charge in [-0.05, 0) is 18.6 Å². The number of hydrogen-bond acceptors (Lipinski definition) is 4. The van der Waals surface area contributed by atoms with Crippen LogP contribution in [0.3, 0.4) is 0 Å². The van der Waals surface area contributed by atoms with E-state index in [9.17, 15) is 14.4 Å². The Balaban J connectivity index is 2.81. The van der Waals surface area contributed by atoms with Gasteiger partial charge in [0.1, 0.15) is 6.04 Å². The summed E-state index contributed by atoms with van der Waals surface area (Å²) in [4.78, 5) is 35.1. The van der Waals surface area contributed by atoms with Crippen molar-refractivity contribution in [2.75, 3.05) is 0 Å². The number of ether oxygens (including phenoxy) is 1. The topological polar surface area (TPSA) is 92.7 Å². The number of hydrogen-bond donors (Lipinski definition) is 2. The molecule has 2 N–H and O–H groups in total. The highest BCUT2D eigenvalue weighted by Gasteiger charge is 2.25. The highest BCUT2D eigenvalue weighted by Crippen LogP contribution is 2.07. The highest BCUT2D eigenvalue weighted by atomic mass is 16.5. The molecule has 0 aliphatic rings. The van der Waals surface area contributed by atoms with Crippen LogP contribution in [0.4, 0.5) is 0 Å². The minimum Gasteiger partial charge on any atom is -0.481 e. The lowest BCUT2D eigenvalue weighted by molar-refractivity contribution is -0.149. The van der Waals surface area contributed by atoms with E-state index in [1.165, 1.54) is 0 Å². The van der Waals surface area contributed by atoms with Gasteiger partial charge in [-0.25, -0.2) is 4.79 Å². The van der Waals surface area contributed by atoms with Crippen molar-refractivity contribution in [1.29, 1.82) is 0 Å². The largest absolute Gasteiger partial charge is 0.481 e. The SMILES string of the molecule is C#CCC(C#C)OC(=O)C(CCC(=O)O)NC(=O)c1ccccc1. The van der Waals surface area contributed by atoms with Crippen molar-refractivity contribution in [3.05, 3.63) is 35.9 Å². The quantitative estimate of drug-likeness (QED) is 0.553. The number of carbonyl (C=O) groups is 3. The summed E-state index contributed by atoms with van der Waals surface area (Å²) in [7, 11) is 0. The molecule has 0 saturated carbocycles. The lowest BCUT2D eigenvalue weighted by atomic mass is 10.1. The summed E-state index contributed by atoms with van der Waals surface area (Å²) in [5.41, 5.74) is 0.336. The Morgan fingerprint density at radius 1 is 1.21 bits per heavy atom. The molecule has 124 valence electrons. The number of esters is 1. The summed E-state index contributed by atoms with van der Waals surface area (Å²) in [5.74, 6) is 2.07. The third-order valence-electron chi connectivity index (χ3n) is 3.02. The van der Waals surface area contributed by atoms with Crippen LogP contribution >= 0.6 is 0 Å². The molecular weight excluding hydrogens is 310 g/mol. The van der Waals surface area contributed by atoms with E-state index in [4.69, 9.17) is 22.7 Å². The minimum absolute atomic E-state index is 0.0283. The van der Waals surface area contributed by atoms with E-state index in [2.05, 4.69) is 17.2 Å². The molecule has 0 heterocycles. The number of rotatable bonds is 8. The van der Waals surface area contributed by atoms with E-state index in [-0.39, 0.29) is 19.3 Å². The summed E-state index contributed by atoms with van der Waals surface area (Å²) in [6.45, 7) is 0. The number of carboxylic acid groups (broad SMARTS) is 1. The number of nitrogens with one attached hydrogen (secondary N) is 1. The lowest BCUT2D eigenvalue weighted by Crippen LogP contribution is -2.43. The van der Waals surface area contributed by atoms with E-state index >= 15 is 0 Å². The summed E-state index contributed by atoms with van der Waals surface area (Å²) < 4.78 is 5.05. The molecule has 1 aromatic carbocycles. The van der Waals surface area contributed by atoms with Crippen LogP contribution in [0.1, 0.15) is 29.6 Å². The third-order valence-corrected chi connectivity index (χ3v) is 3.02. The maximum atomic E-state index is 12.2. The molecule has 2 atom stereocenters. The first-order valence-corrected chi connectivity index (χ1v) is 7.15. The van der Waals surface area contributed by atoms with Gasteiger partial charge in [-0.2, -0.15) is 0 Å². The van der Waals surface area contributed by atoms with Crippen molar-refractivity contribution in [3.8, 4) is 24.7 Å². The second kappa shape index (κ2) is 9.70. The van der Waals surface area contributed by atoms with Crippen LogP contribution < -0.4 is 5.32 Å². The molecule has 1 aromatic rings. The average molecular weight is 327 g/mol. The molecule has 0 radical (unpaired) electrons. The second-order valence-electron chi connectivity index (χ2n) is 4.82. The van der Waals surface area contributed by atoms with E-state index < -0.39 is 30.0 Å². The molecule has 24 heavy (non-hydrogen) atoms. The van der Waals surface area contributed by atoms with Gasteiger partial charge >= 0.3 is 11.9 Å². The van der Waals surface area contributed by atoms with Crippen LogP contribution in [-0.4, -0.2) is 35.1 Å². The summed E-state index contributed by atoms with van der Waals surface area (Å²) >= 11 is 0. The Kier molecular flexibility index (Phi) is 7.60. The Morgan fingerprint density at radius 2 is 1.88 bits per heavy atom. The first-order valence-electron chi connectivity index (χ1n) is 7.15. The molecule has 6 heteroatoms.